The molecule has 0 heterocycles. The van der Waals surface area contributed by atoms with Crippen molar-refractivity contribution in [2.75, 3.05) is 13.7 Å². The van der Waals surface area contributed by atoms with Crippen molar-refractivity contribution in [1.82, 2.24) is 5.32 Å². The highest BCUT2D eigenvalue weighted by molar-refractivity contribution is 9.10. The summed E-state index contributed by atoms with van der Waals surface area (Å²) in [4.78, 5) is 0. The number of hydrogen-bond donors (Lipinski definition) is 1. The number of benzene rings is 2. The van der Waals surface area contributed by atoms with E-state index in [0.29, 0.717) is 34.7 Å². The lowest BCUT2D eigenvalue weighted by atomic mass is 10.2. The first-order valence-electron chi connectivity index (χ1n) is 7.30. The maximum Gasteiger partial charge on any atom is 0.175 e. The Balaban J connectivity index is 2.13. The minimum Gasteiger partial charge on any atom is -0.493 e. The summed E-state index contributed by atoms with van der Waals surface area (Å²) in [5.74, 6) is 1.32. The van der Waals surface area contributed by atoms with Crippen LogP contribution in [-0.2, 0) is 13.2 Å². The first-order chi connectivity index (χ1) is 11.5. The van der Waals surface area contributed by atoms with Gasteiger partial charge in [-0.3, -0.25) is 0 Å². The van der Waals surface area contributed by atoms with E-state index in [1.54, 1.807) is 19.2 Å². The molecule has 0 amide bonds. The number of nitrogens with one attached hydrogen (secondary N) is 1. The minimum absolute atomic E-state index is 0.361. The largest absolute Gasteiger partial charge is 0.493 e. The molecule has 0 aliphatic rings. The molecule has 2 rings (SSSR count). The molecule has 0 saturated heterocycles. The van der Waals surface area contributed by atoms with Crippen molar-refractivity contribution in [1.29, 1.82) is 0 Å². The van der Waals surface area contributed by atoms with Crippen LogP contribution in [-0.4, -0.2) is 13.7 Å². The molecule has 0 saturated carbocycles. The maximum absolute atomic E-state index is 6.03. The van der Waals surface area contributed by atoms with E-state index in [-0.39, 0.29) is 0 Å². The van der Waals surface area contributed by atoms with Gasteiger partial charge in [-0.15, -0.1) is 6.58 Å². The highest BCUT2D eigenvalue weighted by Gasteiger charge is 2.12. The van der Waals surface area contributed by atoms with Crippen molar-refractivity contribution in [3.05, 3.63) is 68.6 Å². The van der Waals surface area contributed by atoms with Gasteiger partial charge in [0.15, 0.2) is 11.5 Å². The average molecular weight is 431 g/mol. The lowest BCUT2D eigenvalue weighted by molar-refractivity contribution is 0.282. The normalized spacial score (nSPS) is 10.5. The highest BCUT2D eigenvalue weighted by atomic mass is 79.9. The van der Waals surface area contributed by atoms with E-state index in [9.17, 15) is 0 Å². The van der Waals surface area contributed by atoms with Crippen molar-refractivity contribution >= 4 is 39.1 Å². The van der Waals surface area contributed by atoms with Gasteiger partial charge in [0.1, 0.15) is 6.61 Å². The molecule has 0 bridgehead atoms. The molecule has 0 aliphatic carbocycles. The van der Waals surface area contributed by atoms with E-state index in [1.807, 2.05) is 24.3 Å². The number of hydrogen-bond acceptors (Lipinski definition) is 3. The predicted molar refractivity (Wildman–Crippen MR) is 103 cm³/mol. The fourth-order valence-corrected chi connectivity index (χ4v) is 3.04. The summed E-state index contributed by atoms with van der Waals surface area (Å²) in [7, 11) is 1.62. The van der Waals surface area contributed by atoms with Gasteiger partial charge in [0.2, 0.25) is 0 Å². The molecule has 2 aromatic carbocycles. The van der Waals surface area contributed by atoms with Crippen LogP contribution in [0.2, 0.25) is 10.0 Å². The quantitative estimate of drug-likeness (QED) is 0.435. The number of rotatable bonds is 8. The molecule has 128 valence electrons. The van der Waals surface area contributed by atoms with Gasteiger partial charge in [-0.05, 0) is 51.3 Å². The molecule has 0 spiro atoms. The topological polar surface area (TPSA) is 30.5 Å². The molecular formula is C18H18BrCl2NO2. The van der Waals surface area contributed by atoms with E-state index in [1.165, 1.54) is 0 Å². The van der Waals surface area contributed by atoms with Crippen LogP contribution in [0.15, 0.2) is 47.5 Å². The van der Waals surface area contributed by atoms with Gasteiger partial charge in [-0.2, -0.15) is 0 Å². The Labute approximate surface area is 160 Å². The van der Waals surface area contributed by atoms with E-state index < -0.39 is 0 Å². The van der Waals surface area contributed by atoms with Crippen molar-refractivity contribution in [2.45, 2.75) is 13.2 Å². The summed E-state index contributed by atoms with van der Waals surface area (Å²) in [5, 5.41) is 4.29. The number of methoxy groups -OCH3 is 1. The van der Waals surface area contributed by atoms with Crippen LogP contribution in [0.5, 0.6) is 11.5 Å². The molecule has 0 aromatic heterocycles. The first kappa shape index (κ1) is 19.1. The van der Waals surface area contributed by atoms with E-state index in [4.69, 9.17) is 32.7 Å². The minimum atomic E-state index is 0.361. The molecule has 0 atom stereocenters. The molecule has 0 radical (unpaired) electrons. The molecule has 6 heteroatoms. The van der Waals surface area contributed by atoms with E-state index >= 15 is 0 Å². The average Bonchev–Trinajstić information content (AvgIpc) is 2.56. The Morgan fingerprint density at radius 2 is 1.96 bits per heavy atom. The second-order valence-corrected chi connectivity index (χ2v) is 6.73. The maximum atomic E-state index is 6.03. The Bertz CT molecular complexity index is 722. The zero-order chi connectivity index (χ0) is 17.5. The molecule has 24 heavy (non-hydrogen) atoms. The van der Waals surface area contributed by atoms with Crippen LogP contribution >= 0.6 is 39.1 Å². The third-order valence-electron chi connectivity index (χ3n) is 3.27. The van der Waals surface area contributed by atoms with Gasteiger partial charge in [-0.1, -0.05) is 35.3 Å². The predicted octanol–water partition coefficient (Wildman–Crippen LogP) is 5.62. The van der Waals surface area contributed by atoms with Crippen LogP contribution in [0.3, 0.4) is 0 Å². The van der Waals surface area contributed by atoms with Crippen molar-refractivity contribution in [2.24, 2.45) is 0 Å². The van der Waals surface area contributed by atoms with Crippen LogP contribution in [0.4, 0.5) is 0 Å². The monoisotopic (exact) mass is 429 g/mol. The second kappa shape index (κ2) is 9.33. The van der Waals surface area contributed by atoms with Crippen LogP contribution in [0, 0.1) is 0 Å². The van der Waals surface area contributed by atoms with Crippen molar-refractivity contribution in [3.8, 4) is 11.5 Å². The second-order valence-electron chi connectivity index (χ2n) is 5.07. The lowest BCUT2D eigenvalue weighted by Gasteiger charge is -2.15. The lowest BCUT2D eigenvalue weighted by Crippen LogP contribution is -2.12. The number of halogens is 3. The van der Waals surface area contributed by atoms with E-state index in [0.717, 1.165) is 22.1 Å². The summed E-state index contributed by atoms with van der Waals surface area (Å²) in [6.45, 7) is 5.51. The summed E-state index contributed by atoms with van der Waals surface area (Å²) in [6, 6.07) is 9.37. The van der Waals surface area contributed by atoms with Gasteiger partial charge in [0.05, 0.1) is 21.6 Å². The van der Waals surface area contributed by atoms with E-state index in [2.05, 4.69) is 27.8 Å². The highest BCUT2D eigenvalue weighted by Crippen LogP contribution is 2.37. The van der Waals surface area contributed by atoms with Gasteiger partial charge in [-0.25, -0.2) is 0 Å². The van der Waals surface area contributed by atoms with Gasteiger partial charge < -0.3 is 14.8 Å². The SMILES string of the molecule is C=CCNCc1cc(Br)c(OCc2ccc(Cl)c(Cl)c2)c(OC)c1. The van der Waals surface area contributed by atoms with Crippen molar-refractivity contribution in [3.63, 3.8) is 0 Å². The van der Waals surface area contributed by atoms with Gasteiger partial charge in [0.25, 0.3) is 0 Å². The zero-order valence-corrected chi connectivity index (χ0v) is 16.3. The summed E-state index contributed by atoms with van der Waals surface area (Å²) in [6.07, 6.45) is 1.82. The van der Waals surface area contributed by atoms with Gasteiger partial charge >= 0.3 is 0 Å². The zero-order valence-electron chi connectivity index (χ0n) is 13.2. The van der Waals surface area contributed by atoms with Crippen molar-refractivity contribution < 1.29 is 9.47 Å². The Morgan fingerprint density at radius 1 is 1.17 bits per heavy atom. The third kappa shape index (κ3) is 5.15. The smallest absolute Gasteiger partial charge is 0.175 e. The molecular weight excluding hydrogens is 413 g/mol. The Hall–Kier alpha value is -1.20. The molecule has 2 aromatic rings. The Kier molecular flexibility index (Phi) is 7.43. The first-order valence-corrected chi connectivity index (χ1v) is 8.84. The molecule has 0 fully saturated rings. The van der Waals surface area contributed by atoms with Crippen LogP contribution < -0.4 is 14.8 Å². The summed E-state index contributed by atoms with van der Waals surface area (Å²) >= 11 is 15.5. The number of ether oxygens (including phenoxy) is 2. The summed E-state index contributed by atoms with van der Waals surface area (Å²) < 4.78 is 12.2. The fourth-order valence-electron chi connectivity index (χ4n) is 2.12. The molecule has 0 aliphatic heterocycles. The molecule has 3 nitrogen and oxygen atoms in total. The third-order valence-corrected chi connectivity index (χ3v) is 4.60. The fraction of sp³-hybridized carbons (Fsp3) is 0.222. The van der Waals surface area contributed by atoms with Crippen LogP contribution in [0.1, 0.15) is 11.1 Å². The summed E-state index contributed by atoms with van der Waals surface area (Å²) in [5.41, 5.74) is 2.01. The molecule has 0 unspecified atom stereocenters. The standard InChI is InChI=1S/C18H18BrCl2NO2/c1-3-6-22-10-13-7-14(19)18(17(9-13)23-2)24-11-12-4-5-15(20)16(21)8-12/h3-5,7-9,22H,1,6,10-11H2,2H3. The van der Waals surface area contributed by atoms with Gasteiger partial charge in [0, 0.05) is 13.1 Å². The molecule has 1 N–H and O–H groups in total. The van der Waals surface area contributed by atoms with Crippen LogP contribution in [0.25, 0.3) is 0 Å². The Morgan fingerprint density at radius 3 is 2.62 bits per heavy atom.